The molecule has 2 aromatic heterocycles. The van der Waals surface area contributed by atoms with Crippen molar-refractivity contribution >= 4 is 34.2 Å². The molecule has 2 aromatic carbocycles. The Kier molecular flexibility index (Phi) is 5.75. The summed E-state index contributed by atoms with van der Waals surface area (Å²) in [6, 6.07) is 14.9. The van der Waals surface area contributed by atoms with Gasteiger partial charge in [-0.3, -0.25) is 9.59 Å². The lowest BCUT2D eigenvalue weighted by Crippen LogP contribution is -2.23. The van der Waals surface area contributed by atoms with Crippen LogP contribution < -0.4 is 19.7 Å². The Hall–Kier alpha value is -4.40. The molecule has 4 heterocycles. The largest absolute Gasteiger partial charge is 0.486 e. The highest BCUT2D eigenvalue weighted by atomic mass is 16.6. The number of carbonyl (C=O) groups is 2. The Morgan fingerprint density at radius 3 is 2.54 bits per heavy atom. The number of nitrogens with zero attached hydrogens (tertiary/aromatic N) is 4. The predicted molar refractivity (Wildman–Crippen MR) is 140 cm³/mol. The lowest BCUT2D eigenvalue weighted by Gasteiger charge is -2.19. The van der Waals surface area contributed by atoms with Crippen molar-refractivity contribution in [3.8, 4) is 22.8 Å². The average Bonchev–Trinajstić information content (AvgIpc) is 3.54. The van der Waals surface area contributed by atoms with Gasteiger partial charge in [0.2, 0.25) is 5.91 Å². The van der Waals surface area contributed by atoms with Crippen molar-refractivity contribution in [1.82, 2.24) is 14.8 Å². The van der Waals surface area contributed by atoms with Gasteiger partial charge in [-0.15, -0.1) is 0 Å². The maximum absolute atomic E-state index is 13.5. The van der Waals surface area contributed by atoms with Crippen LogP contribution in [0.5, 0.6) is 11.5 Å². The summed E-state index contributed by atoms with van der Waals surface area (Å²) in [7, 11) is 0. The molecule has 1 N–H and O–H groups in total. The molecule has 0 spiro atoms. The average molecular weight is 498 g/mol. The number of anilines is 2. The number of benzene rings is 2. The number of fused-ring (bicyclic) bond motifs is 2. The number of nitrogens with one attached hydrogen (secondary N) is 1. The van der Waals surface area contributed by atoms with Crippen molar-refractivity contribution in [3.05, 3.63) is 60.3 Å². The van der Waals surface area contributed by atoms with Gasteiger partial charge in [0.15, 0.2) is 17.1 Å². The molecule has 9 nitrogen and oxygen atoms in total. The van der Waals surface area contributed by atoms with Crippen molar-refractivity contribution in [2.75, 3.05) is 30.0 Å². The summed E-state index contributed by atoms with van der Waals surface area (Å²) in [4.78, 5) is 32.2. The summed E-state index contributed by atoms with van der Waals surface area (Å²) in [5.41, 5.74) is 4.04. The van der Waals surface area contributed by atoms with Crippen LogP contribution in [0, 0.1) is 0 Å². The minimum atomic E-state index is -0.264. The SMILES string of the molecule is CC(C)n1ncc2c(C(=O)Nc3ccc(N4CCCC4=O)cc3)cc(-c3ccc4c(c3)OCCO4)nc21. The van der Waals surface area contributed by atoms with Gasteiger partial charge >= 0.3 is 0 Å². The summed E-state index contributed by atoms with van der Waals surface area (Å²) in [5, 5.41) is 8.17. The Bertz CT molecular complexity index is 1510. The van der Waals surface area contributed by atoms with Crippen molar-refractivity contribution < 1.29 is 19.1 Å². The second kappa shape index (κ2) is 9.24. The van der Waals surface area contributed by atoms with E-state index in [1.165, 1.54) is 0 Å². The fourth-order valence-corrected chi connectivity index (χ4v) is 4.78. The molecule has 188 valence electrons. The second-order valence-electron chi connectivity index (χ2n) is 9.48. The molecule has 2 aliphatic heterocycles. The number of rotatable bonds is 5. The molecule has 37 heavy (non-hydrogen) atoms. The van der Waals surface area contributed by atoms with Gasteiger partial charge in [-0.2, -0.15) is 5.10 Å². The van der Waals surface area contributed by atoms with E-state index in [-0.39, 0.29) is 17.9 Å². The molecule has 9 heteroatoms. The van der Waals surface area contributed by atoms with Gasteiger partial charge in [0.25, 0.3) is 5.91 Å². The molecule has 0 atom stereocenters. The number of pyridine rings is 1. The molecule has 0 aliphatic carbocycles. The van der Waals surface area contributed by atoms with Gasteiger partial charge in [-0.1, -0.05) is 0 Å². The third kappa shape index (κ3) is 4.26. The molecule has 6 rings (SSSR count). The Morgan fingerprint density at radius 1 is 1.03 bits per heavy atom. The molecule has 0 bridgehead atoms. The fourth-order valence-electron chi connectivity index (χ4n) is 4.78. The van der Waals surface area contributed by atoms with E-state index in [1.54, 1.807) is 17.2 Å². The smallest absolute Gasteiger partial charge is 0.256 e. The van der Waals surface area contributed by atoms with Crippen molar-refractivity contribution in [1.29, 1.82) is 0 Å². The van der Waals surface area contributed by atoms with Crippen LogP contribution in [0.3, 0.4) is 0 Å². The third-order valence-corrected chi connectivity index (χ3v) is 6.65. The van der Waals surface area contributed by atoms with Crippen LogP contribution >= 0.6 is 0 Å². The first kappa shape index (κ1) is 23.0. The second-order valence-corrected chi connectivity index (χ2v) is 9.48. The molecule has 2 aliphatic rings. The monoisotopic (exact) mass is 497 g/mol. The highest BCUT2D eigenvalue weighted by molar-refractivity contribution is 6.12. The van der Waals surface area contributed by atoms with Gasteiger partial charge in [-0.25, -0.2) is 9.67 Å². The first-order chi connectivity index (χ1) is 18.0. The normalized spacial score (nSPS) is 15.0. The zero-order chi connectivity index (χ0) is 25.5. The first-order valence-corrected chi connectivity index (χ1v) is 12.5. The van der Waals surface area contributed by atoms with Crippen LogP contribution in [0.2, 0.25) is 0 Å². The van der Waals surface area contributed by atoms with E-state index in [0.717, 1.165) is 24.2 Å². The Labute approximate surface area is 214 Å². The molecule has 0 saturated carbocycles. The highest BCUT2D eigenvalue weighted by Crippen LogP contribution is 2.35. The van der Waals surface area contributed by atoms with E-state index in [4.69, 9.17) is 14.5 Å². The Morgan fingerprint density at radius 2 is 1.81 bits per heavy atom. The maximum atomic E-state index is 13.5. The van der Waals surface area contributed by atoms with Gasteiger partial charge < -0.3 is 19.7 Å². The van der Waals surface area contributed by atoms with Crippen LogP contribution in [0.4, 0.5) is 11.4 Å². The third-order valence-electron chi connectivity index (χ3n) is 6.65. The number of hydrogen-bond acceptors (Lipinski definition) is 6. The standard InChI is InChI=1S/C28H27N5O4/c1-17(2)33-27-22(16-29-33)21(15-23(31-27)18-5-10-24-25(14-18)37-13-12-36-24)28(35)30-19-6-8-20(9-7-19)32-11-3-4-26(32)34/h5-10,14-17H,3-4,11-13H2,1-2H3,(H,30,35). The molecule has 2 amide bonds. The molecule has 1 fully saturated rings. The highest BCUT2D eigenvalue weighted by Gasteiger charge is 2.23. The molecule has 0 radical (unpaired) electrons. The van der Waals surface area contributed by atoms with E-state index in [2.05, 4.69) is 10.4 Å². The maximum Gasteiger partial charge on any atom is 0.256 e. The lowest BCUT2D eigenvalue weighted by atomic mass is 10.1. The van der Waals surface area contributed by atoms with Crippen LogP contribution in [0.1, 0.15) is 43.1 Å². The van der Waals surface area contributed by atoms with Crippen molar-refractivity contribution in [2.24, 2.45) is 0 Å². The van der Waals surface area contributed by atoms with E-state index < -0.39 is 0 Å². The minimum Gasteiger partial charge on any atom is -0.486 e. The molecule has 1 saturated heterocycles. The molecular formula is C28H27N5O4. The van der Waals surface area contributed by atoms with E-state index in [0.29, 0.717) is 59.1 Å². The molecule has 4 aromatic rings. The quantitative estimate of drug-likeness (QED) is 0.424. The van der Waals surface area contributed by atoms with Crippen LogP contribution in [-0.2, 0) is 4.79 Å². The number of ether oxygens (including phenoxy) is 2. The lowest BCUT2D eigenvalue weighted by molar-refractivity contribution is -0.117. The van der Waals surface area contributed by atoms with Crippen LogP contribution in [0.15, 0.2) is 54.7 Å². The van der Waals surface area contributed by atoms with E-state index >= 15 is 0 Å². The van der Waals surface area contributed by atoms with Crippen LogP contribution in [-0.4, -0.2) is 46.3 Å². The molecular weight excluding hydrogens is 470 g/mol. The van der Waals surface area contributed by atoms with E-state index in [9.17, 15) is 9.59 Å². The van der Waals surface area contributed by atoms with Gasteiger partial charge in [-0.05, 0) is 68.8 Å². The van der Waals surface area contributed by atoms with E-state index in [1.807, 2.05) is 61.0 Å². The van der Waals surface area contributed by atoms with Crippen LogP contribution in [0.25, 0.3) is 22.3 Å². The van der Waals surface area contributed by atoms with Gasteiger partial charge in [0.1, 0.15) is 13.2 Å². The summed E-state index contributed by atoms with van der Waals surface area (Å²) >= 11 is 0. The number of carbonyl (C=O) groups excluding carboxylic acids is 2. The predicted octanol–water partition coefficient (Wildman–Crippen LogP) is 4.83. The van der Waals surface area contributed by atoms with Crippen molar-refractivity contribution in [2.45, 2.75) is 32.7 Å². The summed E-state index contributed by atoms with van der Waals surface area (Å²) in [5.74, 6) is 1.22. The van der Waals surface area contributed by atoms with Gasteiger partial charge in [0.05, 0.1) is 22.8 Å². The first-order valence-electron chi connectivity index (χ1n) is 12.5. The minimum absolute atomic E-state index is 0.0669. The topological polar surface area (TPSA) is 98.6 Å². The number of hydrogen-bond donors (Lipinski definition) is 1. The zero-order valence-corrected chi connectivity index (χ0v) is 20.7. The Balaban J connectivity index is 1.36. The summed E-state index contributed by atoms with van der Waals surface area (Å²) in [6.45, 7) is 5.78. The van der Waals surface area contributed by atoms with Gasteiger partial charge in [0, 0.05) is 35.9 Å². The number of amides is 2. The summed E-state index contributed by atoms with van der Waals surface area (Å²) < 4.78 is 13.2. The molecule has 0 unspecified atom stereocenters. The summed E-state index contributed by atoms with van der Waals surface area (Å²) in [6.07, 6.45) is 3.13. The van der Waals surface area contributed by atoms with Crippen molar-refractivity contribution in [3.63, 3.8) is 0 Å². The fraction of sp³-hybridized carbons (Fsp3) is 0.286. The number of aromatic nitrogens is 3. The zero-order valence-electron chi connectivity index (χ0n) is 20.7.